The van der Waals surface area contributed by atoms with Gasteiger partial charge in [0.1, 0.15) is 5.69 Å². The van der Waals surface area contributed by atoms with E-state index in [2.05, 4.69) is 15.5 Å². The molecule has 0 saturated carbocycles. The highest BCUT2D eigenvalue weighted by Gasteiger charge is 2.14. The minimum atomic E-state index is 0.0554. The summed E-state index contributed by atoms with van der Waals surface area (Å²) in [5, 5.41) is 12.0. The first-order valence-electron chi connectivity index (χ1n) is 6.47. The van der Waals surface area contributed by atoms with Crippen LogP contribution in [0.3, 0.4) is 0 Å². The Morgan fingerprint density at radius 1 is 1.26 bits per heavy atom. The van der Waals surface area contributed by atoms with Gasteiger partial charge in [-0.25, -0.2) is 0 Å². The molecule has 19 heavy (non-hydrogen) atoms. The van der Waals surface area contributed by atoms with Gasteiger partial charge in [-0.2, -0.15) is 15.0 Å². The van der Waals surface area contributed by atoms with Gasteiger partial charge in [0.05, 0.1) is 30.6 Å². The number of nitrogens with one attached hydrogen (secondary N) is 1. The summed E-state index contributed by atoms with van der Waals surface area (Å²) in [7, 11) is 1.90. The third kappa shape index (κ3) is 3.62. The Kier molecular flexibility index (Phi) is 4.65. The van der Waals surface area contributed by atoms with Crippen molar-refractivity contribution < 1.29 is 4.74 Å². The fraction of sp³-hybridized carbons (Fsp3) is 0.429. The Bertz CT molecular complexity index is 495. The van der Waals surface area contributed by atoms with E-state index in [1.807, 2.05) is 51.2 Å². The smallest absolute Gasteiger partial charge is 0.102 e. The molecule has 0 aliphatic heterocycles. The number of aromatic nitrogens is 3. The SMILES string of the molecule is CNC(COC(C)C)c1cnn(-c2ccccc2)n1. The van der Waals surface area contributed by atoms with Crippen LogP contribution in [0, 0.1) is 0 Å². The zero-order valence-corrected chi connectivity index (χ0v) is 11.6. The number of ether oxygens (including phenoxy) is 1. The zero-order chi connectivity index (χ0) is 13.7. The second kappa shape index (κ2) is 6.45. The summed E-state index contributed by atoms with van der Waals surface area (Å²) >= 11 is 0. The molecule has 1 unspecified atom stereocenters. The molecule has 0 bridgehead atoms. The quantitative estimate of drug-likeness (QED) is 0.862. The van der Waals surface area contributed by atoms with Gasteiger partial charge < -0.3 is 10.1 Å². The minimum Gasteiger partial charge on any atom is -0.377 e. The van der Waals surface area contributed by atoms with Crippen LogP contribution in [0.1, 0.15) is 25.6 Å². The fourth-order valence-corrected chi connectivity index (χ4v) is 1.73. The molecule has 1 atom stereocenters. The number of hydrogen-bond donors (Lipinski definition) is 1. The van der Waals surface area contributed by atoms with Crippen molar-refractivity contribution in [1.82, 2.24) is 20.3 Å². The molecule has 0 amide bonds. The first-order valence-corrected chi connectivity index (χ1v) is 6.47. The van der Waals surface area contributed by atoms with Crippen molar-refractivity contribution in [2.75, 3.05) is 13.7 Å². The minimum absolute atomic E-state index is 0.0554. The summed E-state index contributed by atoms with van der Waals surface area (Å²) in [6, 6.07) is 9.91. The van der Waals surface area contributed by atoms with Crippen LogP contribution >= 0.6 is 0 Å². The highest BCUT2D eigenvalue weighted by Crippen LogP contribution is 2.12. The van der Waals surface area contributed by atoms with E-state index in [0.29, 0.717) is 6.61 Å². The van der Waals surface area contributed by atoms with Gasteiger partial charge in [0, 0.05) is 0 Å². The maximum Gasteiger partial charge on any atom is 0.102 e. The molecule has 1 aromatic heterocycles. The summed E-state index contributed by atoms with van der Waals surface area (Å²) in [5.74, 6) is 0. The van der Waals surface area contributed by atoms with Crippen molar-refractivity contribution >= 4 is 0 Å². The highest BCUT2D eigenvalue weighted by atomic mass is 16.5. The Hall–Kier alpha value is -1.72. The van der Waals surface area contributed by atoms with E-state index < -0.39 is 0 Å². The maximum atomic E-state index is 5.62. The predicted octanol–water partition coefficient (Wildman–Crippen LogP) is 1.95. The van der Waals surface area contributed by atoms with Gasteiger partial charge in [-0.15, -0.1) is 0 Å². The lowest BCUT2D eigenvalue weighted by Crippen LogP contribution is -2.24. The Morgan fingerprint density at radius 3 is 2.63 bits per heavy atom. The van der Waals surface area contributed by atoms with Crippen LogP contribution in [0.25, 0.3) is 5.69 Å². The van der Waals surface area contributed by atoms with Crippen molar-refractivity contribution in [2.24, 2.45) is 0 Å². The molecule has 0 aliphatic carbocycles. The zero-order valence-electron chi connectivity index (χ0n) is 11.6. The molecule has 0 aliphatic rings. The molecule has 5 nitrogen and oxygen atoms in total. The Labute approximate surface area is 113 Å². The molecule has 0 spiro atoms. The fourth-order valence-electron chi connectivity index (χ4n) is 1.73. The lowest BCUT2D eigenvalue weighted by Gasteiger charge is -2.15. The van der Waals surface area contributed by atoms with E-state index in [4.69, 9.17) is 4.74 Å². The largest absolute Gasteiger partial charge is 0.377 e. The molecule has 102 valence electrons. The maximum absolute atomic E-state index is 5.62. The lowest BCUT2D eigenvalue weighted by atomic mass is 10.2. The van der Waals surface area contributed by atoms with E-state index in [9.17, 15) is 0 Å². The standard InChI is InChI=1S/C14H20N4O/c1-11(2)19-10-14(15-3)13-9-16-18(17-13)12-7-5-4-6-8-12/h4-9,11,14-15H,10H2,1-3H3. The second-order valence-corrected chi connectivity index (χ2v) is 4.62. The van der Waals surface area contributed by atoms with Gasteiger partial charge in [-0.05, 0) is 33.0 Å². The normalized spacial score (nSPS) is 12.8. The van der Waals surface area contributed by atoms with Crippen LogP contribution in [0.4, 0.5) is 0 Å². The van der Waals surface area contributed by atoms with Crippen LogP contribution in [-0.4, -0.2) is 34.8 Å². The number of nitrogens with zero attached hydrogens (tertiary/aromatic N) is 3. The monoisotopic (exact) mass is 260 g/mol. The molecular weight excluding hydrogens is 240 g/mol. The van der Waals surface area contributed by atoms with Crippen molar-refractivity contribution in [1.29, 1.82) is 0 Å². The van der Waals surface area contributed by atoms with Crippen molar-refractivity contribution in [2.45, 2.75) is 26.0 Å². The van der Waals surface area contributed by atoms with Crippen molar-refractivity contribution in [3.05, 3.63) is 42.2 Å². The average molecular weight is 260 g/mol. The number of hydrogen-bond acceptors (Lipinski definition) is 4. The van der Waals surface area contributed by atoms with E-state index in [0.717, 1.165) is 11.4 Å². The lowest BCUT2D eigenvalue weighted by molar-refractivity contribution is 0.0618. The molecule has 1 aromatic carbocycles. The topological polar surface area (TPSA) is 52.0 Å². The van der Waals surface area contributed by atoms with Crippen LogP contribution < -0.4 is 5.32 Å². The molecule has 0 saturated heterocycles. The Morgan fingerprint density at radius 2 is 2.00 bits per heavy atom. The van der Waals surface area contributed by atoms with Gasteiger partial charge in [-0.1, -0.05) is 18.2 Å². The van der Waals surface area contributed by atoms with Gasteiger partial charge in [-0.3, -0.25) is 0 Å². The first kappa shape index (κ1) is 13.7. The molecular formula is C14H20N4O. The average Bonchev–Trinajstić information content (AvgIpc) is 2.90. The van der Waals surface area contributed by atoms with E-state index >= 15 is 0 Å². The van der Waals surface area contributed by atoms with Gasteiger partial charge in [0.25, 0.3) is 0 Å². The molecule has 0 fully saturated rings. The van der Waals surface area contributed by atoms with Gasteiger partial charge >= 0.3 is 0 Å². The van der Waals surface area contributed by atoms with Crippen molar-refractivity contribution in [3.63, 3.8) is 0 Å². The summed E-state index contributed by atoms with van der Waals surface area (Å²) in [5.41, 5.74) is 1.83. The number of benzene rings is 1. The predicted molar refractivity (Wildman–Crippen MR) is 74.2 cm³/mol. The highest BCUT2D eigenvalue weighted by molar-refractivity contribution is 5.28. The van der Waals surface area contributed by atoms with Crippen LogP contribution in [0.5, 0.6) is 0 Å². The molecule has 2 rings (SSSR count). The van der Waals surface area contributed by atoms with E-state index in [1.54, 1.807) is 11.0 Å². The third-order valence-corrected chi connectivity index (χ3v) is 2.80. The molecule has 5 heteroatoms. The summed E-state index contributed by atoms with van der Waals surface area (Å²) in [6.07, 6.45) is 1.98. The molecule has 0 radical (unpaired) electrons. The van der Waals surface area contributed by atoms with Gasteiger partial charge in [0.2, 0.25) is 0 Å². The third-order valence-electron chi connectivity index (χ3n) is 2.80. The first-order chi connectivity index (χ1) is 9.20. The van der Waals surface area contributed by atoms with E-state index in [1.165, 1.54) is 0 Å². The molecule has 1 heterocycles. The van der Waals surface area contributed by atoms with Crippen LogP contribution in [0.2, 0.25) is 0 Å². The number of para-hydroxylation sites is 1. The Balaban J connectivity index is 2.11. The summed E-state index contributed by atoms with van der Waals surface area (Å²) in [6.45, 7) is 4.63. The summed E-state index contributed by atoms with van der Waals surface area (Å²) in [4.78, 5) is 1.63. The summed E-state index contributed by atoms with van der Waals surface area (Å²) < 4.78 is 5.62. The molecule has 1 N–H and O–H groups in total. The number of rotatable bonds is 6. The van der Waals surface area contributed by atoms with Crippen LogP contribution in [0.15, 0.2) is 36.5 Å². The van der Waals surface area contributed by atoms with Crippen molar-refractivity contribution in [3.8, 4) is 5.69 Å². The second-order valence-electron chi connectivity index (χ2n) is 4.62. The van der Waals surface area contributed by atoms with Crippen LogP contribution in [-0.2, 0) is 4.74 Å². The van der Waals surface area contributed by atoms with E-state index in [-0.39, 0.29) is 12.1 Å². The molecule has 2 aromatic rings. The van der Waals surface area contributed by atoms with Gasteiger partial charge in [0.15, 0.2) is 0 Å². The number of likely N-dealkylation sites (N-methyl/N-ethyl adjacent to an activating group) is 1.